The van der Waals surface area contributed by atoms with E-state index in [4.69, 9.17) is 0 Å². The van der Waals surface area contributed by atoms with E-state index >= 15 is 0 Å². The molecule has 0 saturated carbocycles. The van der Waals surface area contributed by atoms with Gasteiger partial charge in [0.15, 0.2) is 0 Å². The fraction of sp³-hybridized carbons (Fsp3) is 0.692. The lowest BCUT2D eigenvalue weighted by atomic mass is 10.1. The molecular weight excluding hydrogens is 285 g/mol. The zero-order valence-corrected chi connectivity index (χ0v) is 11.9. The molecule has 0 radical (unpaired) electrons. The zero-order chi connectivity index (χ0) is 15.5. The number of piperidine rings is 1. The largest absolute Gasteiger partial charge is 0.390 e. The van der Waals surface area contributed by atoms with Crippen LogP contribution in [0.5, 0.6) is 0 Å². The molecule has 2 heterocycles. The number of alkyl halides is 3. The van der Waals surface area contributed by atoms with Crippen molar-refractivity contribution in [3.05, 3.63) is 18.0 Å². The van der Waals surface area contributed by atoms with Gasteiger partial charge < -0.3 is 10.2 Å². The van der Waals surface area contributed by atoms with Crippen molar-refractivity contribution in [3.8, 4) is 0 Å². The van der Waals surface area contributed by atoms with Gasteiger partial charge in [-0.05, 0) is 19.4 Å². The first-order chi connectivity index (χ1) is 9.83. The summed E-state index contributed by atoms with van der Waals surface area (Å²) in [6.45, 7) is 1.10. The molecule has 1 fully saturated rings. The van der Waals surface area contributed by atoms with Crippen LogP contribution in [0.4, 0.5) is 13.2 Å². The summed E-state index contributed by atoms with van der Waals surface area (Å²) in [6, 6.07) is -0.111. The van der Waals surface area contributed by atoms with Gasteiger partial charge in [-0.3, -0.25) is 9.48 Å². The maximum Gasteiger partial charge on any atom is 0.390 e. The summed E-state index contributed by atoms with van der Waals surface area (Å²) in [5.74, 6) is -0.231. The van der Waals surface area contributed by atoms with Gasteiger partial charge in [-0.15, -0.1) is 0 Å². The topological polar surface area (TPSA) is 50.2 Å². The van der Waals surface area contributed by atoms with Crippen LogP contribution >= 0.6 is 0 Å². The maximum atomic E-state index is 12.2. The van der Waals surface area contributed by atoms with Crippen LogP contribution in [0.15, 0.2) is 12.4 Å². The smallest absolute Gasteiger partial charge is 0.348 e. The van der Waals surface area contributed by atoms with E-state index in [1.54, 1.807) is 18.1 Å². The molecular formula is C13H19F3N4O. The Morgan fingerprint density at radius 2 is 2.29 bits per heavy atom. The van der Waals surface area contributed by atoms with Crippen molar-refractivity contribution in [1.29, 1.82) is 0 Å². The van der Waals surface area contributed by atoms with Crippen molar-refractivity contribution in [2.75, 3.05) is 19.6 Å². The summed E-state index contributed by atoms with van der Waals surface area (Å²) < 4.78 is 38.2. The first-order valence-corrected chi connectivity index (χ1v) is 6.92. The highest BCUT2D eigenvalue weighted by Crippen LogP contribution is 2.21. The average molecular weight is 304 g/mol. The number of likely N-dealkylation sites (tertiary alicyclic amines) is 1. The Labute approximate surface area is 121 Å². The molecule has 0 aromatic carbocycles. The van der Waals surface area contributed by atoms with Crippen molar-refractivity contribution in [2.45, 2.75) is 31.5 Å². The van der Waals surface area contributed by atoms with Crippen LogP contribution in [-0.2, 0) is 7.05 Å². The van der Waals surface area contributed by atoms with E-state index in [1.807, 2.05) is 0 Å². The highest BCUT2D eigenvalue weighted by Gasteiger charge is 2.29. The number of amides is 1. The van der Waals surface area contributed by atoms with E-state index in [0.29, 0.717) is 18.7 Å². The van der Waals surface area contributed by atoms with Crippen molar-refractivity contribution in [2.24, 2.45) is 7.05 Å². The monoisotopic (exact) mass is 304 g/mol. The van der Waals surface area contributed by atoms with E-state index in [0.717, 1.165) is 12.8 Å². The number of hydrogen-bond acceptors (Lipinski definition) is 3. The summed E-state index contributed by atoms with van der Waals surface area (Å²) in [5, 5.41) is 6.78. The van der Waals surface area contributed by atoms with E-state index in [1.165, 1.54) is 10.9 Å². The molecule has 1 N–H and O–H groups in total. The average Bonchev–Trinajstić information content (AvgIpc) is 2.83. The maximum absolute atomic E-state index is 12.2. The van der Waals surface area contributed by atoms with Crippen LogP contribution in [0.3, 0.4) is 0 Å². The number of aromatic nitrogens is 2. The summed E-state index contributed by atoms with van der Waals surface area (Å²) >= 11 is 0. The molecule has 1 atom stereocenters. The van der Waals surface area contributed by atoms with Crippen molar-refractivity contribution in [3.63, 3.8) is 0 Å². The van der Waals surface area contributed by atoms with Gasteiger partial charge in [0.2, 0.25) is 0 Å². The van der Waals surface area contributed by atoms with Crippen molar-refractivity contribution in [1.82, 2.24) is 20.0 Å². The predicted molar refractivity (Wildman–Crippen MR) is 70.8 cm³/mol. The number of nitrogens with one attached hydrogen (secondary N) is 1. The Morgan fingerprint density at radius 3 is 2.90 bits per heavy atom. The highest BCUT2D eigenvalue weighted by molar-refractivity contribution is 5.93. The summed E-state index contributed by atoms with van der Waals surface area (Å²) in [5.41, 5.74) is 0.463. The minimum absolute atomic E-state index is 0.0111. The van der Waals surface area contributed by atoms with Crippen LogP contribution in [-0.4, -0.2) is 52.4 Å². The van der Waals surface area contributed by atoms with Gasteiger partial charge in [0.1, 0.15) is 0 Å². The number of aryl methyl sites for hydroxylation is 1. The Morgan fingerprint density at radius 1 is 1.52 bits per heavy atom. The second kappa shape index (κ2) is 6.46. The molecule has 8 heteroatoms. The number of nitrogens with zero attached hydrogens (tertiary/aromatic N) is 3. The van der Waals surface area contributed by atoms with Gasteiger partial charge in [0, 0.05) is 32.4 Å². The summed E-state index contributed by atoms with van der Waals surface area (Å²) in [6.07, 6.45) is -0.286. The van der Waals surface area contributed by atoms with E-state index in [9.17, 15) is 18.0 Å². The normalized spacial score (nSPS) is 20.5. The third-order valence-electron chi connectivity index (χ3n) is 3.52. The standard InChI is InChI=1S/C13H19F3N4O/c1-19-8-10(7-17-19)12(21)18-11-3-2-5-20(9-11)6-4-13(14,15)16/h7-8,11H,2-6,9H2,1H3,(H,18,21). The fourth-order valence-corrected chi connectivity index (χ4v) is 2.47. The van der Waals surface area contributed by atoms with Gasteiger partial charge >= 0.3 is 6.18 Å². The Balaban J connectivity index is 1.82. The fourth-order valence-electron chi connectivity index (χ4n) is 2.47. The molecule has 0 aliphatic carbocycles. The zero-order valence-electron chi connectivity index (χ0n) is 11.9. The molecule has 1 amide bonds. The van der Waals surface area contributed by atoms with Gasteiger partial charge in [0.25, 0.3) is 5.91 Å². The van der Waals surface area contributed by atoms with Crippen LogP contribution in [0.25, 0.3) is 0 Å². The SMILES string of the molecule is Cn1cc(C(=O)NC2CCCN(CCC(F)(F)F)C2)cn1. The number of carbonyl (C=O) groups excluding carboxylic acids is 1. The van der Waals surface area contributed by atoms with Crippen LogP contribution < -0.4 is 5.32 Å². The molecule has 118 valence electrons. The lowest BCUT2D eigenvalue weighted by Gasteiger charge is -2.33. The predicted octanol–water partition coefficient (Wildman–Crippen LogP) is 1.57. The lowest BCUT2D eigenvalue weighted by Crippen LogP contribution is -2.48. The van der Waals surface area contributed by atoms with Crippen LogP contribution in [0.2, 0.25) is 0 Å². The first kappa shape index (κ1) is 15.8. The van der Waals surface area contributed by atoms with Gasteiger partial charge in [-0.25, -0.2) is 0 Å². The Bertz CT molecular complexity index is 486. The molecule has 1 aliphatic heterocycles. The lowest BCUT2D eigenvalue weighted by molar-refractivity contribution is -0.138. The van der Waals surface area contributed by atoms with Crippen LogP contribution in [0, 0.1) is 0 Å². The number of rotatable bonds is 4. The van der Waals surface area contributed by atoms with Crippen molar-refractivity contribution >= 4 is 5.91 Å². The molecule has 1 aromatic rings. The molecule has 0 spiro atoms. The number of carbonyl (C=O) groups is 1. The highest BCUT2D eigenvalue weighted by atomic mass is 19.4. The molecule has 0 bridgehead atoms. The van der Waals surface area contributed by atoms with Crippen LogP contribution in [0.1, 0.15) is 29.6 Å². The quantitative estimate of drug-likeness (QED) is 0.918. The number of halogens is 3. The molecule has 1 unspecified atom stereocenters. The third kappa shape index (κ3) is 5.04. The Hall–Kier alpha value is -1.57. The minimum Gasteiger partial charge on any atom is -0.348 e. The molecule has 2 rings (SSSR count). The first-order valence-electron chi connectivity index (χ1n) is 6.92. The van der Waals surface area contributed by atoms with E-state index in [2.05, 4.69) is 10.4 Å². The molecule has 1 aromatic heterocycles. The summed E-state index contributed by atoms with van der Waals surface area (Å²) in [7, 11) is 1.72. The third-order valence-corrected chi connectivity index (χ3v) is 3.52. The van der Waals surface area contributed by atoms with Gasteiger partial charge in [0.05, 0.1) is 18.2 Å². The number of hydrogen-bond donors (Lipinski definition) is 1. The van der Waals surface area contributed by atoms with Gasteiger partial charge in [-0.2, -0.15) is 18.3 Å². The Kier molecular flexibility index (Phi) is 4.87. The molecule has 1 aliphatic rings. The summed E-state index contributed by atoms with van der Waals surface area (Å²) in [4.78, 5) is 13.7. The molecule has 5 nitrogen and oxygen atoms in total. The van der Waals surface area contributed by atoms with Crippen molar-refractivity contribution < 1.29 is 18.0 Å². The minimum atomic E-state index is -4.13. The molecule has 21 heavy (non-hydrogen) atoms. The second-order valence-electron chi connectivity index (χ2n) is 5.38. The van der Waals surface area contributed by atoms with E-state index in [-0.39, 0.29) is 18.5 Å². The van der Waals surface area contributed by atoms with E-state index < -0.39 is 12.6 Å². The second-order valence-corrected chi connectivity index (χ2v) is 5.38. The molecule has 1 saturated heterocycles. The van der Waals surface area contributed by atoms with Gasteiger partial charge in [-0.1, -0.05) is 0 Å².